The predicted molar refractivity (Wildman–Crippen MR) is 93.9 cm³/mol. The summed E-state index contributed by atoms with van der Waals surface area (Å²) < 4.78 is 0. The molecule has 0 unspecified atom stereocenters. The molecule has 27 heavy (non-hydrogen) atoms. The van der Waals surface area contributed by atoms with Gasteiger partial charge in [-0.25, -0.2) is 0 Å². The number of carboxylic acids is 1. The summed E-state index contributed by atoms with van der Waals surface area (Å²) in [6.45, 7) is 0.359. The molecule has 0 saturated heterocycles. The standard InChI is InChI=1S/C19H19N3O5/c23-16(20-12-13-6-2-1-3-7-13)10-11-17(24)21-22-18(25)14-8-4-5-9-15(14)19(26)27/h1-9H,10-12H2,(H,20,23)(H,21,24)(H,22,25)(H,26,27)/p-1. The van der Waals surface area contributed by atoms with Crippen LogP contribution in [0.2, 0.25) is 0 Å². The van der Waals surface area contributed by atoms with Crippen LogP contribution in [0.15, 0.2) is 54.6 Å². The van der Waals surface area contributed by atoms with Crippen molar-refractivity contribution in [2.45, 2.75) is 19.4 Å². The van der Waals surface area contributed by atoms with Crippen LogP contribution in [0.25, 0.3) is 0 Å². The first-order chi connectivity index (χ1) is 13.0. The lowest BCUT2D eigenvalue weighted by Crippen LogP contribution is -2.42. The van der Waals surface area contributed by atoms with Crippen LogP contribution < -0.4 is 21.3 Å². The van der Waals surface area contributed by atoms with E-state index in [-0.39, 0.29) is 29.9 Å². The van der Waals surface area contributed by atoms with Crippen LogP contribution in [0.3, 0.4) is 0 Å². The summed E-state index contributed by atoms with van der Waals surface area (Å²) in [6.07, 6.45) is -0.187. The molecule has 3 amide bonds. The van der Waals surface area contributed by atoms with Crippen LogP contribution in [-0.2, 0) is 16.1 Å². The summed E-state index contributed by atoms with van der Waals surface area (Å²) >= 11 is 0. The van der Waals surface area contributed by atoms with E-state index in [0.717, 1.165) is 5.56 Å². The molecule has 0 saturated carbocycles. The molecule has 8 heteroatoms. The van der Waals surface area contributed by atoms with E-state index in [4.69, 9.17) is 0 Å². The molecule has 2 aromatic rings. The molecule has 0 aliphatic carbocycles. The van der Waals surface area contributed by atoms with E-state index in [1.54, 1.807) is 0 Å². The molecule has 2 rings (SSSR count). The molecule has 0 atom stereocenters. The Morgan fingerprint density at radius 2 is 1.33 bits per heavy atom. The van der Waals surface area contributed by atoms with Crippen LogP contribution in [0, 0.1) is 0 Å². The topological polar surface area (TPSA) is 127 Å². The highest BCUT2D eigenvalue weighted by atomic mass is 16.4. The van der Waals surface area contributed by atoms with E-state index >= 15 is 0 Å². The fraction of sp³-hybridized carbons (Fsp3) is 0.158. The maximum absolute atomic E-state index is 12.0. The summed E-state index contributed by atoms with van der Waals surface area (Å²) in [6, 6.07) is 14.8. The number of carbonyl (C=O) groups is 4. The fourth-order valence-electron chi connectivity index (χ4n) is 2.23. The number of aromatic carboxylic acids is 1. The second kappa shape index (κ2) is 9.71. The summed E-state index contributed by atoms with van der Waals surface area (Å²) in [7, 11) is 0. The average Bonchev–Trinajstić information content (AvgIpc) is 2.69. The van der Waals surface area contributed by atoms with Gasteiger partial charge in [-0.1, -0.05) is 48.5 Å². The number of carbonyl (C=O) groups excluding carboxylic acids is 4. The predicted octanol–water partition coefficient (Wildman–Crippen LogP) is -0.0923. The van der Waals surface area contributed by atoms with Gasteiger partial charge in [-0.15, -0.1) is 0 Å². The van der Waals surface area contributed by atoms with Crippen molar-refractivity contribution in [3.63, 3.8) is 0 Å². The molecular weight excluding hydrogens is 350 g/mol. The second-order valence-corrected chi connectivity index (χ2v) is 5.60. The molecule has 0 fully saturated rings. The first-order valence-corrected chi connectivity index (χ1v) is 8.17. The molecular formula is C19H18N3O5-. The summed E-state index contributed by atoms with van der Waals surface area (Å²) in [5.74, 6) is -3.18. The SMILES string of the molecule is O=C(CCC(=O)NNC(=O)c1ccccc1C(=O)[O-])NCc1ccccc1. The number of amides is 3. The Hall–Kier alpha value is -3.68. The third-order valence-electron chi connectivity index (χ3n) is 3.62. The highest BCUT2D eigenvalue weighted by molar-refractivity contribution is 6.04. The van der Waals surface area contributed by atoms with Gasteiger partial charge in [-0.05, 0) is 11.6 Å². The van der Waals surface area contributed by atoms with Gasteiger partial charge in [0.15, 0.2) is 0 Å². The lowest BCUT2D eigenvalue weighted by molar-refractivity contribution is -0.255. The van der Waals surface area contributed by atoms with Gasteiger partial charge in [-0.2, -0.15) is 0 Å². The molecule has 2 aromatic carbocycles. The molecule has 0 heterocycles. The largest absolute Gasteiger partial charge is 0.545 e. The third-order valence-corrected chi connectivity index (χ3v) is 3.62. The zero-order valence-electron chi connectivity index (χ0n) is 14.4. The highest BCUT2D eigenvalue weighted by Crippen LogP contribution is 2.07. The first kappa shape index (κ1) is 19.6. The van der Waals surface area contributed by atoms with Gasteiger partial charge >= 0.3 is 0 Å². The molecule has 0 aliphatic heterocycles. The number of rotatable bonds is 7. The summed E-state index contributed by atoms with van der Waals surface area (Å²) in [4.78, 5) is 46.4. The van der Waals surface area contributed by atoms with Crippen molar-refractivity contribution in [2.75, 3.05) is 0 Å². The van der Waals surface area contributed by atoms with Crippen LogP contribution in [0.5, 0.6) is 0 Å². The zero-order chi connectivity index (χ0) is 19.6. The van der Waals surface area contributed by atoms with Gasteiger partial charge in [0.2, 0.25) is 11.8 Å². The van der Waals surface area contributed by atoms with E-state index in [9.17, 15) is 24.3 Å². The molecule has 8 nitrogen and oxygen atoms in total. The third kappa shape index (κ3) is 6.28. The van der Waals surface area contributed by atoms with Crippen molar-refractivity contribution in [1.82, 2.24) is 16.2 Å². The number of benzene rings is 2. The Bertz CT molecular complexity index is 836. The van der Waals surface area contributed by atoms with Crippen molar-refractivity contribution in [3.05, 3.63) is 71.3 Å². The minimum atomic E-state index is -1.50. The smallest absolute Gasteiger partial charge is 0.270 e. The lowest BCUT2D eigenvalue weighted by Gasteiger charge is -2.11. The van der Waals surface area contributed by atoms with E-state index in [0.29, 0.717) is 6.54 Å². The van der Waals surface area contributed by atoms with Crippen molar-refractivity contribution in [3.8, 4) is 0 Å². The second-order valence-electron chi connectivity index (χ2n) is 5.60. The number of hydrogen-bond donors (Lipinski definition) is 3. The highest BCUT2D eigenvalue weighted by Gasteiger charge is 2.13. The minimum Gasteiger partial charge on any atom is -0.545 e. The van der Waals surface area contributed by atoms with Gasteiger partial charge in [0, 0.05) is 24.9 Å². The van der Waals surface area contributed by atoms with Gasteiger partial charge < -0.3 is 15.2 Å². The zero-order valence-corrected chi connectivity index (χ0v) is 14.4. The number of nitrogens with one attached hydrogen (secondary N) is 3. The molecule has 0 aromatic heterocycles. The maximum Gasteiger partial charge on any atom is 0.270 e. The average molecular weight is 368 g/mol. The number of carboxylic acid groups (broad SMARTS) is 1. The molecule has 0 aliphatic rings. The van der Waals surface area contributed by atoms with Crippen LogP contribution in [-0.4, -0.2) is 23.7 Å². The van der Waals surface area contributed by atoms with Crippen molar-refractivity contribution in [1.29, 1.82) is 0 Å². The monoisotopic (exact) mass is 368 g/mol. The van der Waals surface area contributed by atoms with Gasteiger partial charge in [-0.3, -0.25) is 25.2 Å². The van der Waals surface area contributed by atoms with E-state index < -0.39 is 17.8 Å². The lowest BCUT2D eigenvalue weighted by atomic mass is 10.1. The molecule has 0 spiro atoms. The van der Waals surface area contributed by atoms with Gasteiger partial charge in [0.05, 0.1) is 11.5 Å². The van der Waals surface area contributed by atoms with Gasteiger partial charge in [0.25, 0.3) is 5.91 Å². The molecule has 140 valence electrons. The normalized spacial score (nSPS) is 9.93. The Balaban J connectivity index is 1.74. The Kier molecular flexibility index (Phi) is 7.07. The van der Waals surface area contributed by atoms with Crippen LogP contribution >= 0.6 is 0 Å². The van der Waals surface area contributed by atoms with Crippen LogP contribution in [0.1, 0.15) is 39.1 Å². The van der Waals surface area contributed by atoms with Crippen molar-refractivity contribution < 1.29 is 24.3 Å². The molecule has 0 radical (unpaired) electrons. The van der Waals surface area contributed by atoms with Crippen LogP contribution in [0.4, 0.5) is 0 Å². The molecule has 3 N–H and O–H groups in total. The fourth-order valence-corrected chi connectivity index (χ4v) is 2.23. The quantitative estimate of drug-likeness (QED) is 0.589. The minimum absolute atomic E-state index is 0.0514. The van der Waals surface area contributed by atoms with E-state index in [1.165, 1.54) is 24.3 Å². The summed E-state index contributed by atoms with van der Waals surface area (Å²) in [5.41, 5.74) is 4.77. The van der Waals surface area contributed by atoms with E-state index in [1.807, 2.05) is 30.3 Å². The Morgan fingerprint density at radius 1 is 0.741 bits per heavy atom. The van der Waals surface area contributed by atoms with Gasteiger partial charge in [0.1, 0.15) is 0 Å². The summed E-state index contributed by atoms with van der Waals surface area (Å²) in [5, 5.41) is 13.7. The number of hydrogen-bond acceptors (Lipinski definition) is 5. The first-order valence-electron chi connectivity index (χ1n) is 8.17. The van der Waals surface area contributed by atoms with Crippen molar-refractivity contribution in [2.24, 2.45) is 0 Å². The molecule has 0 bridgehead atoms. The van der Waals surface area contributed by atoms with Crippen molar-refractivity contribution >= 4 is 23.7 Å². The Morgan fingerprint density at radius 3 is 2.00 bits per heavy atom. The number of hydrazine groups is 1. The maximum atomic E-state index is 12.0. The Labute approximate surface area is 155 Å². The van der Waals surface area contributed by atoms with E-state index in [2.05, 4.69) is 16.2 Å².